The van der Waals surface area contributed by atoms with E-state index >= 15 is 0 Å². The Morgan fingerprint density at radius 1 is 0.906 bits per heavy atom. The van der Waals surface area contributed by atoms with Crippen molar-refractivity contribution in [2.45, 2.75) is 13.1 Å². The van der Waals surface area contributed by atoms with Crippen molar-refractivity contribution in [2.75, 3.05) is 31.5 Å². The van der Waals surface area contributed by atoms with Gasteiger partial charge in [-0.05, 0) is 36.5 Å². The Hall–Kier alpha value is -1.90. The van der Waals surface area contributed by atoms with Crippen LogP contribution in [0.15, 0.2) is 48.7 Å². The molecule has 4 rings (SSSR count). The molecule has 1 N–H and O–H groups in total. The third-order valence-electron chi connectivity index (χ3n) is 5.36. The molecule has 1 saturated heterocycles. The van der Waals surface area contributed by atoms with Crippen LogP contribution < -0.4 is 5.32 Å². The predicted molar refractivity (Wildman–Crippen MR) is 132 cm³/mol. The van der Waals surface area contributed by atoms with E-state index in [0.29, 0.717) is 44.7 Å². The maximum atomic E-state index is 14.1. The number of nitrogens with zero attached hydrogens (tertiary/aromatic N) is 4. The molecule has 10 heteroatoms. The van der Waals surface area contributed by atoms with Gasteiger partial charge in [-0.3, -0.25) is 9.58 Å². The van der Waals surface area contributed by atoms with E-state index in [2.05, 4.69) is 20.2 Å². The van der Waals surface area contributed by atoms with E-state index in [0.717, 1.165) is 31.7 Å². The first kappa shape index (κ1) is 23.3. The average Bonchev–Trinajstić information content (AvgIpc) is 3.21. The summed E-state index contributed by atoms with van der Waals surface area (Å²) in [6.07, 6.45) is 1.85. The van der Waals surface area contributed by atoms with Gasteiger partial charge in [-0.1, -0.05) is 46.9 Å². The number of halogens is 4. The van der Waals surface area contributed by atoms with Gasteiger partial charge in [0.1, 0.15) is 5.82 Å². The summed E-state index contributed by atoms with van der Waals surface area (Å²) in [7, 11) is 0. The van der Waals surface area contributed by atoms with Crippen LogP contribution in [0.2, 0.25) is 15.1 Å². The topological polar surface area (TPSA) is 36.3 Å². The number of nitrogens with one attached hydrogen (secondary N) is 1. The number of piperazine rings is 1. The van der Waals surface area contributed by atoms with Crippen LogP contribution >= 0.6 is 47.0 Å². The number of benzene rings is 2. The Labute approximate surface area is 206 Å². The number of rotatable bonds is 5. The van der Waals surface area contributed by atoms with Crippen molar-refractivity contribution < 1.29 is 4.39 Å². The van der Waals surface area contributed by atoms with Gasteiger partial charge in [0.2, 0.25) is 0 Å². The van der Waals surface area contributed by atoms with Crippen LogP contribution in [0.25, 0.3) is 0 Å². The van der Waals surface area contributed by atoms with E-state index in [1.165, 1.54) is 6.07 Å². The Bertz CT molecular complexity index is 1070. The Kier molecular flexibility index (Phi) is 7.53. The van der Waals surface area contributed by atoms with Crippen LogP contribution in [-0.4, -0.2) is 50.9 Å². The van der Waals surface area contributed by atoms with Crippen molar-refractivity contribution in [1.82, 2.24) is 19.6 Å². The largest absolute Gasteiger partial charge is 0.346 e. The number of hydrogen-bond acceptors (Lipinski definition) is 3. The molecule has 0 unspecified atom stereocenters. The summed E-state index contributed by atoms with van der Waals surface area (Å²) in [6.45, 7) is 3.92. The second-order valence-corrected chi connectivity index (χ2v) is 9.10. The molecule has 0 atom stereocenters. The number of hydrogen-bond donors (Lipinski definition) is 1. The molecule has 5 nitrogen and oxygen atoms in total. The molecule has 1 fully saturated rings. The fraction of sp³-hybridized carbons (Fsp3) is 0.273. The van der Waals surface area contributed by atoms with E-state index in [-0.39, 0.29) is 5.82 Å². The molecule has 0 radical (unpaired) electrons. The highest BCUT2D eigenvalue weighted by Crippen LogP contribution is 2.25. The molecule has 0 amide bonds. The van der Waals surface area contributed by atoms with Crippen molar-refractivity contribution >= 4 is 58.0 Å². The van der Waals surface area contributed by atoms with Crippen molar-refractivity contribution in [1.29, 1.82) is 0 Å². The fourth-order valence-corrected chi connectivity index (χ4v) is 4.59. The minimum Gasteiger partial charge on any atom is -0.346 e. The van der Waals surface area contributed by atoms with Crippen LogP contribution in [0.4, 0.5) is 10.2 Å². The first-order chi connectivity index (χ1) is 15.4. The van der Waals surface area contributed by atoms with E-state index < -0.39 is 0 Å². The molecule has 2 aromatic carbocycles. The minimum absolute atomic E-state index is 0.272. The third kappa shape index (κ3) is 5.53. The summed E-state index contributed by atoms with van der Waals surface area (Å²) in [4.78, 5) is 4.25. The summed E-state index contributed by atoms with van der Waals surface area (Å²) in [5, 5.41) is 9.98. The van der Waals surface area contributed by atoms with Gasteiger partial charge in [-0.15, -0.1) is 0 Å². The summed E-state index contributed by atoms with van der Waals surface area (Å²) in [5.41, 5.74) is 1.35. The molecular formula is C22H21Cl3FN5S. The molecule has 32 heavy (non-hydrogen) atoms. The molecule has 0 saturated carbocycles. The molecule has 3 aromatic rings. The lowest BCUT2D eigenvalue weighted by atomic mass is 10.2. The molecular weight excluding hydrogens is 492 g/mol. The Morgan fingerprint density at radius 2 is 1.53 bits per heavy atom. The highest BCUT2D eigenvalue weighted by Gasteiger charge is 2.21. The van der Waals surface area contributed by atoms with E-state index in [1.807, 2.05) is 18.3 Å². The molecule has 1 aromatic heterocycles. The summed E-state index contributed by atoms with van der Waals surface area (Å²) in [6, 6.07) is 12.1. The van der Waals surface area contributed by atoms with E-state index in [1.54, 1.807) is 28.9 Å². The van der Waals surface area contributed by atoms with Gasteiger partial charge in [0.15, 0.2) is 10.9 Å². The van der Waals surface area contributed by atoms with Crippen molar-refractivity contribution in [3.05, 3.63) is 80.7 Å². The lowest BCUT2D eigenvalue weighted by Crippen LogP contribution is -2.49. The summed E-state index contributed by atoms with van der Waals surface area (Å²) in [5.74, 6) is 0.379. The molecule has 0 spiro atoms. The number of aromatic nitrogens is 2. The Morgan fingerprint density at radius 3 is 2.19 bits per heavy atom. The second-order valence-electron chi connectivity index (χ2n) is 7.49. The lowest BCUT2D eigenvalue weighted by Gasteiger charge is -2.36. The molecule has 1 aliphatic heterocycles. The SMILES string of the molecule is Fc1cccc(Cl)c1CN1CCN(C(=S)Nc2ccn(Cc3c(Cl)cccc3Cl)n2)CC1. The first-order valence-corrected chi connectivity index (χ1v) is 11.6. The van der Waals surface area contributed by atoms with Gasteiger partial charge in [-0.2, -0.15) is 5.10 Å². The van der Waals surface area contributed by atoms with Gasteiger partial charge in [0.25, 0.3) is 0 Å². The highest BCUT2D eigenvalue weighted by atomic mass is 35.5. The van der Waals surface area contributed by atoms with Gasteiger partial charge in [0, 0.05) is 71.2 Å². The molecule has 1 aliphatic rings. The van der Waals surface area contributed by atoms with Gasteiger partial charge >= 0.3 is 0 Å². The third-order valence-corrected chi connectivity index (χ3v) is 6.78. The molecule has 168 valence electrons. The zero-order valence-corrected chi connectivity index (χ0v) is 20.2. The van der Waals surface area contributed by atoms with E-state index in [9.17, 15) is 4.39 Å². The first-order valence-electron chi connectivity index (χ1n) is 10.1. The zero-order chi connectivity index (χ0) is 22.7. The quantitative estimate of drug-likeness (QED) is 0.454. The summed E-state index contributed by atoms with van der Waals surface area (Å²) >= 11 is 24.2. The monoisotopic (exact) mass is 511 g/mol. The summed E-state index contributed by atoms with van der Waals surface area (Å²) < 4.78 is 15.8. The van der Waals surface area contributed by atoms with Crippen molar-refractivity contribution in [2.24, 2.45) is 0 Å². The van der Waals surface area contributed by atoms with Gasteiger partial charge in [0.05, 0.1) is 6.54 Å². The van der Waals surface area contributed by atoms with E-state index in [4.69, 9.17) is 47.0 Å². The average molecular weight is 513 g/mol. The minimum atomic E-state index is -0.272. The van der Waals surface area contributed by atoms with Crippen LogP contribution in [0.3, 0.4) is 0 Å². The Balaban J connectivity index is 1.30. The molecule has 2 heterocycles. The highest BCUT2D eigenvalue weighted by molar-refractivity contribution is 7.80. The maximum Gasteiger partial charge on any atom is 0.174 e. The van der Waals surface area contributed by atoms with Crippen LogP contribution in [0.5, 0.6) is 0 Å². The lowest BCUT2D eigenvalue weighted by molar-refractivity contribution is 0.175. The number of anilines is 1. The van der Waals surface area contributed by atoms with Gasteiger partial charge < -0.3 is 10.2 Å². The standard InChI is InChI=1S/C22H21Cl3FN5S/c23-17-3-1-4-18(24)15(17)14-31-8-7-21(28-31)27-22(32)30-11-9-29(10-12-30)13-16-19(25)5-2-6-20(16)26/h1-8H,9-14H2,(H,27,28,32). The van der Waals surface area contributed by atoms with Crippen molar-refractivity contribution in [3.63, 3.8) is 0 Å². The molecule has 0 aliphatic carbocycles. The van der Waals surface area contributed by atoms with Crippen LogP contribution in [0.1, 0.15) is 11.1 Å². The number of thiocarbonyl (C=S) groups is 1. The molecule has 0 bridgehead atoms. The van der Waals surface area contributed by atoms with Gasteiger partial charge in [-0.25, -0.2) is 4.39 Å². The maximum absolute atomic E-state index is 14.1. The fourth-order valence-electron chi connectivity index (χ4n) is 3.57. The predicted octanol–water partition coefficient (Wildman–Crippen LogP) is 5.55. The smallest absolute Gasteiger partial charge is 0.174 e. The van der Waals surface area contributed by atoms with Crippen LogP contribution in [-0.2, 0) is 13.1 Å². The second kappa shape index (κ2) is 10.4. The van der Waals surface area contributed by atoms with Crippen molar-refractivity contribution in [3.8, 4) is 0 Å². The zero-order valence-electron chi connectivity index (χ0n) is 17.1. The van der Waals surface area contributed by atoms with Crippen LogP contribution in [0, 0.1) is 5.82 Å². The normalized spacial score (nSPS) is 14.6.